The zero-order chi connectivity index (χ0) is 16.4. The van der Waals surface area contributed by atoms with E-state index in [1.165, 1.54) is 5.56 Å². The maximum Gasteiger partial charge on any atom is 0.364 e. The molecule has 0 bridgehead atoms. The van der Waals surface area contributed by atoms with Crippen molar-refractivity contribution in [2.24, 2.45) is 0 Å². The van der Waals surface area contributed by atoms with Crippen LogP contribution in [0, 0.1) is 0 Å². The molecule has 0 radical (unpaired) electrons. The minimum absolute atomic E-state index is 0.148. The van der Waals surface area contributed by atoms with Gasteiger partial charge in [-0.05, 0) is 36.1 Å². The zero-order valence-corrected chi connectivity index (χ0v) is 14.2. The van der Waals surface area contributed by atoms with Crippen LogP contribution in [-0.4, -0.2) is 6.61 Å². The Balaban J connectivity index is 2.09. The third-order valence-corrected chi connectivity index (χ3v) is 3.97. The molecule has 118 valence electrons. The number of para-hydroxylation sites is 1. The molecule has 0 fully saturated rings. The molecular weight excluding hydrogens is 284 g/mol. The summed E-state index contributed by atoms with van der Waals surface area (Å²) >= 11 is 0. The van der Waals surface area contributed by atoms with E-state index in [1.54, 1.807) is 0 Å². The Morgan fingerprint density at radius 1 is 0.957 bits per heavy atom. The van der Waals surface area contributed by atoms with Crippen molar-refractivity contribution < 1.29 is 9.15 Å². The summed E-state index contributed by atoms with van der Waals surface area (Å²) in [6.07, 6.45) is 0. The summed E-state index contributed by atoms with van der Waals surface area (Å²) in [5, 5.41) is 1.00. The van der Waals surface area contributed by atoms with E-state index in [4.69, 9.17) is 9.15 Å². The van der Waals surface area contributed by atoms with Crippen LogP contribution >= 0.6 is 0 Å². The number of hydrogen-bond donors (Lipinski definition) is 0. The average Bonchev–Trinajstić information content (AvgIpc) is 2.54. The second kappa shape index (κ2) is 6.04. The summed E-state index contributed by atoms with van der Waals surface area (Å²) in [7, 11) is 0. The Hall–Kier alpha value is -2.35. The molecule has 0 spiro atoms. The lowest BCUT2D eigenvalue weighted by Crippen LogP contribution is -2.10. The van der Waals surface area contributed by atoms with E-state index >= 15 is 0 Å². The first-order chi connectivity index (χ1) is 11.0. The number of rotatable bonds is 3. The van der Waals surface area contributed by atoms with E-state index in [0.29, 0.717) is 6.61 Å². The van der Waals surface area contributed by atoms with Gasteiger partial charge in [0.25, 0.3) is 0 Å². The van der Waals surface area contributed by atoms with Crippen LogP contribution in [0.5, 0.6) is 5.75 Å². The van der Waals surface area contributed by atoms with Gasteiger partial charge < -0.3 is 4.74 Å². The summed E-state index contributed by atoms with van der Waals surface area (Å²) in [6.45, 7) is 9.29. The summed E-state index contributed by atoms with van der Waals surface area (Å²) in [5.41, 5.74) is 3.36. The van der Waals surface area contributed by atoms with Crippen molar-refractivity contribution in [2.75, 3.05) is 6.61 Å². The van der Waals surface area contributed by atoms with Crippen LogP contribution in [0.3, 0.4) is 0 Å². The third kappa shape index (κ3) is 3.21. The lowest BCUT2D eigenvalue weighted by Gasteiger charge is -2.18. The van der Waals surface area contributed by atoms with Crippen molar-refractivity contribution in [3.63, 3.8) is 0 Å². The van der Waals surface area contributed by atoms with Crippen LogP contribution < -0.4 is 4.74 Å². The number of hydrogen-bond acceptors (Lipinski definition) is 1. The highest BCUT2D eigenvalue weighted by atomic mass is 16.5. The third-order valence-electron chi connectivity index (χ3n) is 3.97. The molecule has 0 atom stereocenters. The predicted molar refractivity (Wildman–Crippen MR) is 95.9 cm³/mol. The Kier molecular flexibility index (Phi) is 4.08. The van der Waals surface area contributed by atoms with Gasteiger partial charge in [-0.3, -0.25) is 0 Å². The van der Waals surface area contributed by atoms with E-state index in [0.717, 1.165) is 28.0 Å². The van der Waals surface area contributed by atoms with E-state index in [2.05, 4.69) is 45.0 Å². The molecule has 23 heavy (non-hydrogen) atoms. The molecule has 2 nitrogen and oxygen atoms in total. The van der Waals surface area contributed by atoms with Crippen LogP contribution in [0.25, 0.3) is 22.3 Å². The summed E-state index contributed by atoms with van der Waals surface area (Å²) in [5.74, 6) is 1.69. The largest absolute Gasteiger partial charge is 0.493 e. The van der Waals surface area contributed by atoms with Gasteiger partial charge in [-0.2, -0.15) is 0 Å². The smallest absolute Gasteiger partial charge is 0.364 e. The molecule has 3 aromatic rings. The number of ether oxygens (including phenoxy) is 1. The number of benzene rings is 2. The Morgan fingerprint density at radius 3 is 2.30 bits per heavy atom. The molecule has 1 aromatic heterocycles. The van der Waals surface area contributed by atoms with Gasteiger partial charge in [-0.1, -0.05) is 45.0 Å². The first-order valence-electron chi connectivity index (χ1n) is 8.08. The van der Waals surface area contributed by atoms with Crippen LogP contribution in [0.2, 0.25) is 0 Å². The standard InChI is InChI=1S/C21H23O2/c1-5-22-20-14-19(23-18-9-7-6-8-17(18)20)15-10-12-16(13-11-15)21(2,3)4/h6-14H,5H2,1-4H3/q+1. The maximum absolute atomic E-state index is 6.08. The summed E-state index contributed by atoms with van der Waals surface area (Å²) < 4.78 is 11.9. The molecule has 0 aliphatic heterocycles. The van der Waals surface area contributed by atoms with Gasteiger partial charge in [0.1, 0.15) is 11.1 Å². The van der Waals surface area contributed by atoms with Crippen molar-refractivity contribution in [1.82, 2.24) is 0 Å². The zero-order valence-electron chi connectivity index (χ0n) is 14.2. The minimum atomic E-state index is 0.148. The normalized spacial score (nSPS) is 11.7. The second-order valence-corrected chi connectivity index (χ2v) is 6.73. The molecule has 0 aliphatic carbocycles. The maximum atomic E-state index is 6.08. The van der Waals surface area contributed by atoms with Gasteiger partial charge >= 0.3 is 11.3 Å². The topological polar surface area (TPSA) is 20.5 Å². The van der Waals surface area contributed by atoms with Crippen LogP contribution in [-0.2, 0) is 5.41 Å². The van der Waals surface area contributed by atoms with E-state index < -0.39 is 0 Å². The van der Waals surface area contributed by atoms with Gasteiger partial charge in [0.2, 0.25) is 0 Å². The average molecular weight is 307 g/mol. The van der Waals surface area contributed by atoms with E-state index in [9.17, 15) is 0 Å². The van der Waals surface area contributed by atoms with Crippen LogP contribution in [0.1, 0.15) is 33.3 Å². The highest BCUT2D eigenvalue weighted by Crippen LogP contribution is 2.33. The second-order valence-electron chi connectivity index (χ2n) is 6.73. The fourth-order valence-electron chi connectivity index (χ4n) is 2.66. The summed E-state index contributed by atoms with van der Waals surface area (Å²) in [6, 6.07) is 18.5. The van der Waals surface area contributed by atoms with E-state index in [-0.39, 0.29) is 5.41 Å². The molecule has 1 heterocycles. The molecule has 0 unspecified atom stereocenters. The molecule has 2 aromatic carbocycles. The molecule has 0 aliphatic rings. The lowest BCUT2D eigenvalue weighted by atomic mass is 9.86. The van der Waals surface area contributed by atoms with Crippen LogP contribution in [0.4, 0.5) is 0 Å². The van der Waals surface area contributed by atoms with Crippen molar-refractivity contribution in [2.45, 2.75) is 33.1 Å². The van der Waals surface area contributed by atoms with Gasteiger partial charge in [0.15, 0.2) is 0 Å². The first kappa shape index (κ1) is 15.5. The van der Waals surface area contributed by atoms with Crippen LogP contribution in [0.15, 0.2) is 59.0 Å². The van der Waals surface area contributed by atoms with Gasteiger partial charge in [-0.25, -0.2) is 4.42 Å². The SMILES string of the molecule is CCOc1cc(-c2ccc(C(C)(C)C)cc2)[o+]c2ccccc12. The van der Waals surface area contributed by atoms with Crippen molar-refractivity contribution in [3.05, 3.63) is 60.2 Å². The molecule has 0 saturated heterocycles. The van der Waals surface area contributed by atoms with Gasteiger partial charge in [-0.15, -0.1) is 0 Å². The van der Waals surface area contributed by atoms with Crippen molar-refractivity contribution in [3.8, 4) is 17.1 Å². The first-order valence-corrected chi connectivity index (χ1v) is 8.08. The Bertz CT molecular complexity index is 811. The molecule has 2 heteroatoms. The molecule has 0 N–H and O–H groups in total. The van der Waals surface area contributed by atoms with Gasteiger partial charge in [0, 0.05) is 6.07 Å². The predicted octanol–water partition coefficient (Wildman–Crippen LogP) is 6.08. The highest BCUT2D eigenvalue weighted by Gasteiger charge is 2.20. The van der Waals surface area contributed by atoms with E-state index in [1.807, 2.05) is 37.3 Å². The Labute approximate surface area is 137 Å². The lowest BCUT2D eigenvalue weighted by molar-refractivity contribution is 0.342. The molecule has 0 amide bonds. The molecule has 3 rings (SSSR count). The Morgan fingerprint density at radius 2 is 1.65 bits per heavy atom. The van der Waals surface area contributed by atoms with Crippen molar-refractivity contribution >= 4 is 11.0 Å². The fourth-order valence-corrected chi connectivity index (χ4v) is 2.66. The quantitative estimate of drug-likeness (QED) is 0.547. The minimum Gasteiger partial charge on any atom is -0.493 e. The fraction of sp³-hybridized carbons (Fsp3) is 0.286. The number of fused-ring (bicyclic) bond motifs is 1. The summed E-state index contributed by atoms with van der Waals surface area (Å²) in [4.78, 5) is 0. The molecule has 0 saturated carbocycles. The highest BCUT2D eigenvalue weighted by molar-refractivity contribution is 5.85. The van der Waals surface area contributed by atoms with Crippen molar-refractivity contribution in [1.29, 1.82) is 0 Å². The molecular formula is C21H23O2+. The van der Waals surface area contributed by atoms with Gasteiger partial charge in [0.05, 0.1) is 18.2 Å². The monoisotopic (exact) mass is 307 g/mol.